The summed E-state index contributed by atoms with van der Waals surface area (Å²) in [5.41, 5.74) is 0. The lowest BCUT2D eigenvalue weighted by molar-refractivity contribution is 0.335. The van der Waals surface area contributed by atoms with E-state index >= 15 is 0 Å². The molecule has 2 heteroatoms. The Kier molecular flexibility index (Phi) is 5.35. The normalized spacial score (nSPS) is 10.7. The summed E-state index contributed by atoms with van der Waals surface area (Å²) in [4.78, 5) is 0. The zero-order valence-electron chi connectivity index (χ0n) is 8.89. The number of hydrogen-bond donors (Lipinski definition) is 0. The Balaban J connectivity index is 1.99. The molecule has 0 saturated heterocycles. The number of aryl methyl sites for hydroxylation is 1. The van der Waals surface area contributed by atoms with E-state index in [-0.39, 0.29) is 0 Å². The number of rotatable bonds is 7. The summed E-state index contributed by atoms with van der Waals surface area (Å²) in [7, 11) is 0. The maximum absolute atomic E-state index is 12.4. The first kappa shape index (κ1) is 11.3. The molecule has 14 heavy (non-hydrogen) atoms. The average molecular weight is 198 g/mol. The minimum Gasteiger partial charge on any atom is -0.436 e. The highest BCUT2D eigenvalue weighted by atomic mass is 19.1. The first-order valence-corrected chi connectivity index (χ1v) is 5.57. The number of hydrogen-bond acceptors (Lipinski definition) is 1. The Labute approximate surface area is 85.3 Å². The molecule has 0 N–H and O–H groups in total. The van der Waals surface area contributed by atoms with Crippen LogP contribution >= 0.6 is 0 Å². The van der Waals surface area contributed by atoms with E-state index in [1.54, 1.807) is 6.07 Å². The molecular weight excluding hydrogens is 179 g/mol. The first-order valence-electron chi connectivity index (χ1n) is 5.57. The van der Waals surface area contributed by atoms with Gasteiger partial charge in [-0.3, -0.25) is 0 Å². The van der Waals surface area contributed by atoms with Gasteiger partial charge in [0, 0.05) is 12.5 Å². The molecule has 0 bridgehead atoms. The van der Waals surface area contributed by atoms with Crippen LogP contribution in [0.4, 0.5) is 4.39 Å². The quantitative estimate of drug-likeness (QED) is 0.594. The third-order valence-electron chi connectivity index (χ3n) is 2.41. The van der Waals surface area contributed by atoms with Gasteiger partial charge in [0.1, 0.15) is 5.76 Å². The van der Waals surface area contributed by atoms with Crippen LogP contribution in [0.3, 0.4) is 0 Å². The topological polar surface area (TPSA) is 13.1 Å². The predicted molar refractivity (Wildman–Crippen MR) is 55.7 cm³/mol. The molecule has 0 aliphatic rings. The fourth-order valence-electron chi connectivity index (χ4n) is 1.57. The van der Waals surface area contributed by atoms with Crippen LogP contribution < -0.4 is 0 Å². The molecule has 0 atom stereocenters. The smallest absolute Gasteiger partial charge is 0.277 e. The minimum absolute atomic E-state index is 0.467. The maximum Gasteiger partial charge on any atom is 0.277 e. The van der Waals surface area contributed by atoms with E-state index in [0.29, 0.717) is 0 Å². The second-order valence-electron chi connectivity index (χ2n) is 3.72. The third-order valence-corrected chi connectivity index (χ3v) is 2.41. The zero-order valence-corrected chi connectivity index (χ0v) is 8.89. The van der Waals surface area contributed by atoms with Crippen LogP contribution in [0.2, 0.25) is 0 Å². The second kappa shape index (κ2) is 6.63. The molecule has 0 aliphatic carbocycles. The minimum atomic E-state index is -0.467. The van der Waals surface area contributed by atoms with Crippen molar-refractivity contribution in [3.05, 3.63) is 23.9 Å². The van der Waals surface area contributed by atoms with Gasteiger partial charge in [-0.05, 0) is 12.5 Å². The van der Waals surface area contributed by atoms with Crippen molar-refractivity contribution in [2.75, 3.05) is 0 Å². The Morgan fingerprint density at radius 3 is 2.43 bits per heavy atom. The van der Waals surface area contributed by atoms with Crippen molar-refractivity contribution in [2.24, 2.45) is 0 Å². The van der Waals surface area contributed by atoms with Gasteiger partial charge in [0.15, 0.2) is 0 Å². The molecule has 0 aliphatic heterocycles. The predicted octanol–water partition coefficient (Wildman–Crippen LogP) is 4.32. The Morgan fingerprint density at radius 2 is 1.79 bits per heavy atom. The molecule has 0 radical (unpaired) electrons. The van der Waals surface area contributed by atoms with Crippen molar-refractivity contribution >= 4 is 0 Å². The summed E-state index contributed by atoms with van der Waals surface area (Å²) >= 11 is 0. The summed E-state index contributed by atoms with van der Waals surface area (Å²) in [5, 5.41) is 0. The SMILES string of the molecule is CCCCCCCCc1ccc(F)o1. The van der Waals surface area contributed by atoms with Crippen LogP contribution in [-0.2, 0) is 6.42 Å². The monoisotopic (exact) mass is 198 g/mol. The van der Waals surface area contributed by atoms with Gasteiger partial charge >= 0.3 is 0 Å². The van der Waals surface area contributed by atoms with Crippen molar-refractivity contribution in [1.82, 2.24) is 0 Å². The van der Waals surface area contributed by atoms with Gasteiger partial charge in [-0.25, -0.2) is 0 Å². The van der Waals surface area contributed by atoms with Crippen molar-refractivity contribution in [3.8, 4) is 0 Å². The van der Waals surface area contributed by atoms with E-state index in [9.17, 15) is 4.39 Å². The van der Waals surface area contributed by atoms with E-state index in [1.807, 2.05) is 0 Å². The summed E-state index contributed by atoms with van der Waals surface area (Å²) < 4.78 is 17.3. The van der Waals surface area contributed by atoms with Gasteiger partial charge in [0.2, 0.25) is 0 Å². The highest BCUT2D eigenvalue weighted by molar-refractivity contribution is 4.99. The van der Waals surface area contributed by atoms with E-state index in [2.05, 4.69) is 6.92 Å². The molecule has 1 aromatic heterocycles. The molecule has 1 rings (SSSR count). The van der Waals surface area contributed by atoms with Crippen LogP contribution in [0.15, 0.2) is 16.5 Å². The average Bonchev–Trinajstić information content (AvgIpc) is 2.58. The molecule has 0 amide bonds. The van der Waals surface area contributed by atoms with Gasteiger partial charge < -0.3 is 4.42 Å². The molecule has 0 fully saturated rings. The van der Waals surface area contributed by atoms with Crippen molar-refractivity contribution in [2.45, 2.75) is 51.9 Å². The van der Waals surface area contributed by atoms with Gasteiger partial charge in [0.05, 0.1) is 0 Å². The molecule has 1 aromatic rings. The Morgan fingerprint density at radius 1 is 1.07 bits per heavy atom. The van der Waals surface area contributed by atoms with E-state index in [4.69, 9.17) is 4.42 Å². The lowest BCUT2D eigenvalue weighted by Gasteiger charge is -1.98. The van der Waals surface area contributed by atoms with Crippen LogP contribution in [0.25, 0.3) is 0 Å². The lowest BCUT2D eigenvalue weighted by Crippen LogP contribution is -1.83. The van der Waals surface area contributed by atoms with Crippen LogP contribution in [0, 0.1) is 6.01 Å². The highest BCUT2D eigenvalue weighted by Crippen LogP contribution is 2.11. The standard InChI is InChI=1S/C12H19FO/c1-2-3-4-5-6-7-8-11-9-10-12(13)14-11/h9-10H,2-8H2,1H3. The van der Waals surface area contributed by atoms with Crippen LogP contribution in [0.1, 0.15) is 51.2 Å². The fraction of sp³-hybridized carbons (Fsp3) is 0.667. The van der Waals surface area contributed by atoms with Gasteiger partial charge in [0.25, 0.3) is 6.01 Å². The Hall–Kier alpha value is -0.790. The zero-order chi connectivity index (χ0) is 10.2. The van der Waals surface area contributed by atoms with E-state index in [0.717, 1.165) is 18.6 Å². The summed E-state index contributed by atoms with van der Waals surface area (Å²) in [5.74, 6) is 0.776. The van der Waals surface area contributed by atoms with Crippen molar-refractivity contribution in [3.63, 3.8) is 0 Å². The van der Waals surface area contributed by atoms with Gasteiger partial charge in [-0.15, -0.1) is 0 Å². The highest BCUT2D eigenvalue weighted by Gasteiger charge is 1.99. The van der Waals surface area contributed by atoms with Crippen LogP contribution in [0.5, 0.6) is 0 Å². The summed E-state index contributed by atoms with van der Waals surface area (Å²) in [6.45, 7) is 2.21. The summed E-state index contributed by atoms with van der Waals surface area (Å²) in [6.07, 6.45) is 8.42. The number of unbranched alkanes of at least 4 members (excludes halogenated alkanes) is 5. The molecule has 0 aromatic carbocycles. The number of furan rings is 1. The third kappa shape index (κ3) is 4.45. The van der Waals surface area contributed by atoms with Gasteiger partial charge in [-0.1, -0.05) is 39.0 Å². The molecule has 0 spiro atoms. The van der Waals surface area contributed by atoms with Gasteiger partial charge in [-0.2, -0.15) is 4.39 Å². The number of halogens is 1. The van der Waals surface area contributed by atoms with Crippen LogP contribution in [-0.4, -0.2) is 0 Å². The molecular formula is C12H19FO. The largest absolute Gasteiger partial charge is 0.436 e. The second-order valence-corrected chi connectivity index (χ2v) is 3.72. The molecule has 1 heterocycles. The first-order chi connectivity index (χ1) is 6.83. The molecule has 0 saturated carbocycles. The molecule has 80 valence electrons. The summed E-state index contributed by atoms with van der Waals surface area (Å²) in [6, 6.07) is 2.64. The van der Waals surface area contributed by atoms with E-state index < -0.39 is 6.01 Å². The van der Waals surface area contributed by atoms with E-state index in [1.165, 1.54) is 38.2 Å². The Bertz CT molecular complexity index is 242. The lowest BCUT2D eigenvalue weighted by atomic mass is 10.1. The molecule has 0 unspecified atom stereocenters. The van der Waals surface area contributed by atoms with Crippen molar-refractivity contribution in [1.29, 1.82) is 0 Å². The fourth-order valence-corrected chi connectivity index (χ4v) is 1.57. The molecule has 1 nitrogen and oxygen atoms in total. The van der Waals surface area contributed by atoms with Crippen molar-refractivity contribution < 1.29 is 8.81 Å². The maximum atomic E-state index is 12.4.